The maximum atomic E-state index is 13.1. The van der Waals surface area contributed by atoms with Gasteiger partial charge in [-0.1, -0.05) is 12.1 Å². The Labute approximate surface area is 113 Å². The molecule has 100 valence electrons. The van der Waals surface area contributed by atoms with Crippen LogP contribution in [0.1, 0.15) is 15.9 Å². The van der Waals surface area contributed by atoms with E-state index in [9.17, 15) is 13.6 Å². The van der Waals surface area contributed by atoms with Gasteiger partial charge in [0.05, 0.1) is 16.8 Å². The highest BCUT2D eigenvalue weighted by molar-refractivity contribution is 6.08. The van der Waals surface area contributed by atoms with Crippen molar-refractivity contribution in [1.29, 1.82) is 5.26 Å². The van der Waals surface area contributed by atoms with Crippen LogP contribution in [0.2, 0.25) is 0 Å². The van der Waals surface area contributed by atoms with Gasteiger partial charge in [0.2, 0.25) is 0 Å². The highest BCUT2D eigenvalue weighted by atomic mass is 19.2. The summed E-state index contributed by atoms with van der Waals surface area (Å²) in [6.45, 7) is 0. The molecule has 2 rings (SSSR count). The molecule has 2 aromatic rings. The quantitative estimate of drug-likeness (QED) is 0.825. The number of nitrogens with zero attached hydrogens (tertiary/aromatic N) is 1. The van der Waals surface area contributed by atoms with E-state index in [-0.39, 0.29) is 22.5 Å². The fourth-order valence-corrected chi connectivity index (χ4v) is 1.64. The Balaban J connectivity index is 2.34. The fourth-order valence-electron chi connectivity index (χ4n) is 1.64. The molecule has 0 aliphatic carbocycles. The van der Waals surface area contributed by atoms with Gasteiger partial charge in [-0.15, -0.1) is 0 Å². The van der Waals surface area contributed by atoms with Crippen LogP contribution >= 0.6 is 0 Å². The van der Waals surface area contributed by atoms with Crippen molar-refractivity contribution in [2.24, 2.45) is 0 Å². The molecule has 0 saturated carbocycles. The summed E-state index contributed by atoms with van der Waals surface area (Å²) in [5.41, 5.74) is 5.62. The largest absolute Gasteiger partial charge is 0.398 e. The Morgan fingerprint density at radius 3 is 2.55 bits per heavy atom. The van der Waals surface area contributed by atoms with Crippen LogP contribution in [0.25, 0.3) is 0 Å². The number of nitrogens with one attached hydrogen (secondary N) is 1. The van der Waals surface area contributed by atoms with Gasteiger partial charge in [-0.2, -0.15) is 5.26 Å². The maximum Gasteiger partial charge on any atom is 0.257 e. The molecule has 0 aromatic heterocycles. The van der Waals surface area contributed by atoms with Gasteiger partial charge in [-0.05, 0) is 18.2 Å². The molecule has 0 spiro atoms. The molecule has 0 saturated heterocycles. The van der Waals surface area contributed by atoms with Crippen molar-refractivity contribution in [2.75, 3.05) is 11.1 Å². The summed E-state index contributed by atoms with van der Waals surface area (Å²) >= 11 is 0. The molecular weight excluding hydrogens is 264 g/mol. The molecule has 20 heavy (non-hydrogen) atoms. The number of carbonyl (C=O) groups excluding carboxylic acids is 1. The lowest BCUT2D eigenvalue weighted by molar-refractivity contribution is 0.102. The van der Waals surface area contributed by atoms with Gasteiger partial charge < -0.3 is 11.1 Å². The highest BCUT2D eigenvalue weighted by Gasteiger charge is 2.15. The molecule has 0 aliphatic rings. The lowest BCUT2D eigenvalue weighted by atomic mass is 10.1. The summed E-state index contributed by atoms with van der Waals surface area (Å²) in [5, 5.41) is 11.3. The normalized spacial score (nSPS) is 9.85. The number of nitrogens with two attached hydrogens (primary N) is 1. The van der Waals surface area contributed by atoms with Gasteiger partial charge >= 0.3 is 0 Å². The molecule has 3 N–H and O–H groups in total. The maximum absolute atomic E-state index is 13.1. The van der Waals surface area contributed by atoms with Crippen LogP contribution in [0.3, 0.4) is 0 Å². The van der Waals surface area contributed by atoms with Crippen LogP contribution in [-0.4, -0.2) is 5.91 Å². The van der Waals surface area contributed by atoms with Crippen LogP contribution < -0.4 is 11.1 Å². The number of benzene rings is 2. The first kappa shape index (κ1) is 13.5. The van der Waals surface area contributed by atoms with Crippen LogP contribution in [0.15, 0.2) is 36.4 Å². The summed E-state index contributed by atoms with van der Waals surface area (Å²) in [6.07, 6.45) is 0. The van der Waals surface area contributed by atoms with Crippen molar-refractivity contribution in [1.82, 2.24) is 0 Å². The van der Waals surface area contributed by atoms with Crippen molar-refractivity contribution in [3.05, 3.63) is 59.2 Å². The van der Waals surface area contributed by atoms with E-state index in [1.165, 1.54) is 12.1 Å². The molecule has 6 heteroatoms. The third-order valence-corrected chi connectivity index (χ3v) is 2.63. The van der Waals surface area contributed by atoms with Crippen LogP contribution in [0.5, 0.6) is 0 Å². The predicted molar refractivity (Wildman–Crippen MR) is 69.9 cm³/mol. The summed E-state index contributed by atoms with van der Waals surface area (Å²) < 4.78 is 26.1. The first-order valence-corrected chi connectivity index (χ1v) is 5.58. The molecule has 0 bridgehead atoms. The van der Waals surface area contributed by atoms with Gasteiger partial charge in [-0.3, -0.25) is 4.79 Å². The molecule has 0 unspecified atom stereocenters. The third-order valence-electron chi connectivity index (χ3n) is 2.63. The number of hydrogen-bond acceptors (Lipinski definition) is 3. The number of para-hydroxylation sites is 1. The summed E-state index contributed by atoms with van der Waals surface area (Å²) in [6, 6.07) is 9.67. The van der Waals surface area contributed by atoms with E-state index in [0.717, 1.165) is 12.1 Å². The van der Waals surface area contributed by atoms with Gasteiger partial charge in [0.15, 0.2) is 11.6 Å². The first-order chi connectivity index (χ1) is 9.52. The topological polar surface area (TPSA) is 78.9 Å². The Morgan fingerprint density at radius 1 is 1.20 bits per heavy atom. The Hall–Kier alpha value is -2.94. The molecule has 0 fully saturated rings. The predicted octanol–water partition coefficient (Wildman–Crippen LogP) is 2.67. The number of halogens is 2. The zero-order valence-corrected chi connectivity index (χ0v) is 10.2. The van der Waals surface area contributed by atoms with E-state index in [2.05, 4.69) is 5.32 Å². The molecule has 0 radical (unpaired) electrons. The van der Waals surface area contributed by atoms with E-state index in [1.54, 1.807) is 12.1 Å². The SMILES string of the molecule is N#Cc1ccccc1NC(=O)c1cc(F)c(F)cc1N. The molecule has 1 amide bonds. The third kappa shape index (κ3) is 2.57. The van der Waals surface area contributed by atoms with E-state index in [4.69, 9.17) is 11.0 Å². The second kappa shape index (κ2) is 5.36. The van der Waals surface area contributed by atoms with Crippen LogP contribution in [-0.2, 0) is 0 Å². The van der Waals surface area contributed by atoms with Crippen molar-refractivity contribution in [2.45, 2.75) is 0 Å². The lowest BCUT2D eigenvalue weighted by Gasteiger charge is -2.09. The monoisotopic (exact) mass is 273 g/mol. The molecule has 4 nitrogen and oxygen atoms in total. The smallest absolute Gasteiger partial charge is 0.257 e. The Bertz CT molecular complexity index is 723. The van der Waals surface area contributed by atoms with Crippen molar-refractivity contribution < 1.29 is 13.6 Å². The van der Waals surface area contributed by atoms with Gasteiger partial charge in [-0.25, -0.2) is 8.78 Å². The summed E-state index contributed by atoms with van der Waals surface area (Å²) in [7, 11) is 0. The minimum absolute atomic E-state index is 0.184. The number of carbonyl (C=O) groups is 1. The minimum atomic E-state index is -1.17. The highest BCUT2D eigenvalue weighted by Crippen LogP contribution is 2.20. The van der Waals surface area contributed by atoms with Crippen LogP contribution in [0.4, 0.5) is 20.2 Å². The number of anilines is 2. The first-order valence-electron chi connectivity index (χ1n) is 5.58. The van der Waals surface area contributed by atoms with E-state index in [1.807, 2.05) is 6.07 Å². The number of nitrogen functional groups attached to an aromatic ring is 1. The fraction of sp³-hybridized carbons (Fsp3) is 0. The van der Waals surface area contributed by atoms with Crippen molar-refractivity contribution in [3.8, 4) is 6.07 Å². The lowest BCUT2D eigenvalue weighted by Crippen LogP contribution is -2.15. The van der Waals surface area contributed by atoms with E-state index >= 15 is 0 Å². The number of amides is 1. The Kier molecular flexibility index (Phi) is 3.62. The average molecular weight is 273 g/mol. The second-order valence-corrected chi connectivity index (χ2v) is 3.97. The summed E-state index contributed by atoms with van der Waals surface area (Å²) in [4.78, 5) is 12.0. The average Bonchev–Trinajstić information content (AvgIpc) is 2.43. The van der Waals surface area contributed by atoms with E-state index in [0.29, 0.717) is 0 Å². The molecule has 0 atom stereocenters. The zero-order valence-electron chi connectivity index (χ0n) is 10.2. The van der Waals surface area contributed by atoms with E-state index < -0.39 is 17.5 Å². The summed E-state index contributed by atoms with van der Waals surface area (Å²) in [5.74, 6) is -3.02. The second-order valence-electron chi connectivity index (χ2n) is 3.97. The van der Waals surface area contributed by atoms with Crippen molar-refractivity contribution >= 4 is 17.3 Å². The standard InChI is InChI=1S/C14H9F2N3O/c15-10-5-9(12(18)6-11(10)16)14(20)19-13-4-2-1-3-8(13)7-17/h1-6H,18H2,(H,19,20). The van der Waals surface area contributed by atoms with Gasteiger partial charge in [0.25, 0.3) is 5.91 Å². The van der Waals surface area contributed by atoms with Gasteiger partial charge in [0, 0.05) is 11.8 Å². The molecular formula is C14H9F2N3O. The minimum Gasteiger partial charge on any atom is -0.398 e. The van der Waals surface area contributed by atoms with Gasteiger partial charge in [0.1, 0.15) is 6.07 Å². The molecule has 0 heterocycles. The number of hydrogen-bond donors (Lipinski definition) is 2. The van der Waals surface area contributed by atoms with Crippen molar-refractivity contribution in [3.63, 3.8) is 0 Å². The number of rotatable bonds is 2. The zero-order chi connectivity index (χ0) is 14.7. The Morgan fingerprint density at radius 2 is 1.85 bits per heavy atom. The molecule has 2 aromatic carbocycles. The molecule has 0 aliphatic heterocycles. The van der Waals surface area contributed by atoms with Crippen LogP contribution in [0, 0.1) is 23.0 Å². The number of nitriles is 1.